The maximum atomic E-state index is 6.13. The number of methoxy groups -OCH3 is 1. The standard InChI is InChI=1S/C25H30N6O2/c1-16(15-32-3)33-22-6-4-5-18-7-9-21(27-24(18)22)25-29-28-23-10-8-19(13-31(23)25)17(2)30-12-11-20(26)14-30/h4-10,13,16-17,20H,11-12,14-15,26H2,1-3H3/t16-,17?,20+/m1/s1. The molecule has 0 aliphatic carbocycles. The van der Waals surface area contributed by atoms with Gasteiger partial charge in [-0.25, -0.2) is 4.98 Å². The van der Waals surface area contributed by atoms with Crippen molar-refractivity contribution in [3.8, 4) is 17.3 Å². The summed E-state index contributed by atoms with van der Waals surface area (Å²) in [5.74, 6) is 1.44. The zero-order chi connectivity index (χ0) is 22.9. The van der Waals surface area contributed by atoms with E-state index in [1.165, 1.54) is 5.56 Å². The molecular weight excluding hydrogens is 416 g/mol. The Hall–Kier alpha value is -3.07. The van der Waals surface area contributed by atoms with Gasteiger partial charge >= 0.3 is 0 Å². The number of nitrogens with zero attached hydrogens (tertiary/aromatic N) is 5. The minimum absolute atomic E-state index is 0.0808. The Morgan fingerprint density at radius 1 is 1.12 bits per heavy atom. The van der Waals surface area contributed by atoms with Gasteiger partial charge in [-0.1, -0.05) is 24.3 Å². The fourth-order valence-corrected chi connectivity index (χ4v) is 4.53. The highest BCUT2D eigenvalue weighted by Gasteiger charge is 2.25. The molecule has 4 heterocycles. The van der Waals surface area contributed by atoms with Gasteiger partial charge in [-0.3, -0.25) is 9.30 Å². The lowest BCUT2D eigenvalue weighted by Gasteiger charge is -2.24. The number of hydrogen-bond donors (Lipinski definition) is 1. The van der Waals surface area contributed by atoms with Gasteiger partial charge in [0, 0.05) is 43.9 Å². The summed E-state index contributed by atoms with van der Waals surface area (Å²) in [7, 11) is 1.67. The van der Waals surface area contributed by atoms with Crippen LogP contribution in [0.5, 0.6) is 5.75 Å². The molecule has 0 bridgehead atoms. The van der Waals surface area contributed by atoms with E-state index >= 15 is 0 Å². The van der Waals surface area contributed by atoms with E-state index in [9.17, 15) is 0 Å². The Bertz CT molecular complexity index is 1270. The Morgan fingerprint density at radius 2 is 2.00 bits per heavy atom. The molecule has 0 saturated carbocycles. The Morgan fingerprint density at radius 3 is 2.79 bits per heavy atom. The van der Waals surface area contributed by atoms with Gasteiger partial charge in [-0.05, 0) is 44.0 Å². The second kappa shape index (κ2) is 9.05. The van der Waals surface area contributed by atoms with Crippen LogP contribution >= 0.6 is 0 Å². The monoisotopic (exact) mass is 446 g/mol. The Labute approximate surface area is 193 Å². The van der Waals surface area contributed by atoms with Crippen LogP contribution in [-0.4, -0.2) is 63.4 Å². The van der Waals surface area contributed by atoms with Crippen molar-refractivity contribution in [2.45, 2.75) is 38.5 Å². The summed E-state index contributed by atoms with van der Waals surface area (Å²) in [5, 5.41) is 9.84. The van der Waals surface area contributed by atoms with Gasteiger partial charge in [0.2, 0.25) is 0 Å². The summed E-state index contributed by atoms with van der Waals surface area (Å²) in [4.78, 5) is 7.35. The van der Waals surface area contributed by atoms with Crippen LogP contribution in [-0.2, 0) is 4.74 Å². The maximum absolute atomic E-state index is 6.13. The number of fused-ring (bicyclic) bond motifs is 2. The second-order valence-electron chi connectivity index (χ2n) is 8.84. The molecule has 1 aliphatic rings. The van der Waals surface area contributed by atoms with Crippen LogP contribution in [0.4, 0.5) is 0 Å². The predicted molar refractivity (Wildman–Crippen MR) is 128 cm³/mol. The largest absolute Gasteiger partial charge is 0.486 e. The molecule has 0 radical (unpaired) electrons. The number of hydrogen-bond acceptors (Lipinski definition) is 7. The van der Waals surface area contributed by atoms with Gasteiger partial charge in [-0.2, -0.15) is 0 Å². The van der Waals surface area contributed by atoms with Gasteiger partial charge in [-0.15, -0.1) is 10.2 Å². The van der Waals surface area contributed by atoms with Crippen LogP contribution in [0.2, 0.25) is 0 Å². The zero-order valence-electron chi connectivity index (χ0n) is 19.3. The number of likely N-dealkylation sites (tertiary alicyclic amines) is 1. The van der Waals surface area contributed by atoms with Crippen molar-refractivity contribution in [3.63, 3.8) is 0 Å². The summed E-state index contributed by atoms with van der Waals surface area (Å²) < 4.78 is 13.3. The molecule has 0 spiro atoms. The molecule has 2 N–H and O–H groups in total. The van der Waals surface area contributed by atoms with Crippen LogP contribution in [0.15, 0.2) is 48.7 Å². The number of rotatable bonds is 7. The quantitative estimate of drug-likeness (QED) is 0.465. The molecule has 4 aromatic rings. The third kappa shape index (κ3) is 4.29. The van der Waals surface area contributed by atoms with Crippen LogP contribution in [0.3, 0.4) is 0 Å². The second-order valence-corrected chi connectivity index (χ2v) is 8.84. The SMILES string of the molecule is COC[C@@H](C)Oc1cccc2ccc(-c3nnc4ccc(C(C)N5CC[C@H](N)C5)cn34)nc12. The lowest BCUT2D eigenvalue weighted by molar-refractivity contribution is 0.0930. The third-order valence-electron chi connectivity index (χ3n) is 6.35. The van der Waals surface area contributed by atoms with Crippen molar-refractivity contribution in [1.82, 2.24) is 24.5 Å². The highest BCUT2D eigenvalue weighted by molar-refractivity contribution is 5.86. The number of ether oxygens (including phenoxy) is 2. The molecule has 0 amide bonds. The summed E-state index contributed by atoms with van der Waals surface area (Å²) in [6.45, 7) is 6.65. The van der Waals surface area contributed by atoms with Gasteiger partial charge in [0.15, 0.2) is 11.5 Å². The molecule has 1 aromatic carbocycles. The number of nitrogens with two attached hydrogens (primary N) is 1. The van der Waals surface area contributed by atoms with Crippen LogP contribution < -0.4 is 10.5 Å². The summed E-state index contributed by atoms with van der Waals surface area (Å²) >= 11 is 0. The van der Waals surface area contributed by atoms with E-state index in [1.54, 1.807) is 7.11 Å². The lowest BCUT2D eigenvalue weighted by atomic mass is 10.1. The third-order valence-corrected chi connectivity index (χ3v) is 6.35. The smallest absolute Gasteiger partial charge is 0.187 e. The summed E-state index contributed by atoms with van der Waals surface area (Å²) in [5.41, 5.74) is 9.67. The van der Waals surface area contributed by atoms with Crippen LogP contribution in [0, 0.1) is 0 Å². The molecule has 1 unspecified atom stereocenters. The fraction of sp³-hybridized carbons (Fsp3) is 0.400. The van der Waals surface area contributed by atoms with E-state index in [0.717, 1.165) is 47.5 Å². The molecule has 1 saturated heterocycles. The van der Waals surface area contributed by atoms with Gasteiger partial charge in [0.05, 0.1) is 6.61 Å². The van der Waals surface area contributed by atoms with E-state index in [4.69, 9.17) is 20.2 Å². The number of para-hydroxylation sites is 1. The number of benzene rings is 1. The molecule has 3 atom stereocenters. The van der Waals surface area contributed by atoms with Gasteiger partial charge in [0.1, 0.15) is 23.1 Å². The minimum atomic E-state index is -0.0808. The first-order valence-electron chi connectivity index (χ1n) is 11.4. The fourth-order valence-electron chi connectivity index (χ4n) is 4.53. The highest BCUT2D eigenvalue weighted by Crippen LogP contribution is 2.29. The molecule has 33 heavy (non-hydrogen) atoms. The number of pyridine rings is 2. The maximum Gasteiger partial charge on any atom is 0.187 e. The Balaban J connectivity index is 1.52. The average Bonchev–Trinajstić information content (AvgIpc) is 3.44. The van der Waals surface area contributed by atoms with Crippen molar-refractivity contribution in [2.24, 2.45) is 5.73 Å². The average molecular weight is 447 g/mol. The molecule has 1 aliphatic heterocycles. The van der Waals surface area contributed by atoms with E-state index in [-0.39, 0.29) is 18.2 Å². The first-order valence-corrected chi connectivity index (χ1v) is 11.4. The van der Waals surface area contributed by atoms with Crippen molar-refractivity contribution >= 4 is 16.6 Å². The molecule has 8 heteroatoms. The normalized spacial score (nSPS) is 18.7. The summed E-state index contributed by atoms with van der Waals surface area (Å²) in [6.07, 6.45) is 3.08. The van der Waals surface area contributed by atoms with Crippen molar-refractivity contribution in [3.05, 3.63) is 54.2 Å². The summed E-state index contributed by atoms with van der Waals surface area (Å²) in [6, 6.07) is 14.6. The molecule has 172 valence electrons. The van der Waals surface area contributed by atoms with Gasteiger partial charge < -0.3 is 15.2 Å². The van der Waals surface area contributed by atoms with Crippen LogP contribution in [0.1, 0.15) is 31.9 Å². The van der Waals surface area contributed by atoms with E-state index in [2.05, 4.69) is 34.3 Å². The zero-order valence-corrected chi connectivity index (χ0v) is 19.3. The van der Waals surface area contributed by atoms with E-state index in [0.29, 0.717) is 12.4 Å². The first-order chi connectivity index (χ1) is 16.0. The topological polar surface area (TPSA) is 90.8 Å². The molecule has 1 fully saturated rings. The molecular formula is C25H30N6O2. The van der Waals surface area contributed by atoms with Crippen molar-refractivity contribution < 1.29 is 9.47 Å². The van der Waals surface area contributed by atoms with Crippen molar-refractivity contribution in [2.75, 3.05) is 26.8 Å². The predicted octanol–water partition coefficient (Wildman–Crippen LogP) is 3.45. The van der Waals surface area contributed by atoms with Crippen molar-refractivity contribution in [1.29, 1.82) is 0 Å². The first kappa shape index (κ1) is 21.8. The van der Waals surface area contributed by atoms with Gasteiger partial charge in [0.25, 0.3) is 0 Å². The molecule has 3 aromatic heterocycles. The highest BCUT2D eigenvalue weighted by atomic mass is 16.5. The minimum Gasteiger partial charge on any atom is -0.486 e. The Kier molecular flexibility index (Phi) is 5.97. The molecule has 5 rings (SSSR count). The number of aromatic nitrogens is 4. The van der Waals surface area contributed by atoms with E-state index < -0.39 is 0 Å². The van der Waals surface area contributed by atoms with E-state index in [1.807, 2.05) is 47.7 Å². The molecule has 8 nitrogen and oxygen atoms in total. The lowest BCUT2D eigenvalue weighted by Crippen LogP contribution is -2.28. The van der Waals surface area contributed by atoms with Crippen LogP contribution in [0.25, 0.3) is 28.1 Å².